The zero-order valence-electron chi connectivity index (χ0n) is 13.3. The monoisotopic (exact) mass is 288 g/mol. The molecule has 0 radical (unpaired) electrons. The van der Waals surface area contributed by atoms with Gasteiger partial charge < -0.3 is 10.5 Å². The van der Waals surface area contributed by atoms with E-state index in [9.17, 15) is 0 Å². The van der Waals surface area contributed by atoms with Crippen molar-refractivity contribution >= 4 is 0 Å². The van der Waals surface area contributed by atoms with Crippen molar-refractivity contribution in [3.05, 3.63) is 35.4 Å². The molecular formula is C18H28N2O. The van der Waals surface area contributed by atoms with E-state index in [-0.39, 0.29) is 6.04 Å². The topological polar surface area (TPSA) is 38.5 Å². The first kappa shape index (κ1) is 15.0. The summed E-state index contributed by atoms with van der Waals surface area (Å²) in [5.41, 5.74) is 9.42. The molecule has 1 saturated carbocycles. The largest absolute Gasteiger partial charge is 0.383 e. The molecule has 0 spiro atoms. The highest BCUT2D eigenvalue weighted by atomic mass is 16.5. The zero-order valence-corrected chi connectivity index (χ0v) is 13.3. The van der Waals surface area contributed by atoms with Gasteiger partial charge in [-0.15, -0.1) is 0 Å². The van der Waals surface area contributed by atoms with Gasteiger partial charge in [0.15, 0.2) is 0 Å². The van der Waals surface area contributed by atoms with E-state index in [1.165, 1.54) is 30.4 Å². The number of rotatable bonds is 6. The van der Waals surface area contributed by atoms with Crippen molar-refractivity contribution in [3.8, 4) is 0 Å². The van der Waals surface area contributed by atoms with E-state index in [1.54, 1.807) is 7.11 Å². The Bertz CT molecular complexity index is 472. The first-order valence-electron chi connectivity index (χ1n) is 8.30. The molecule has 0 aromatic heterocycles. The molecule has 1 fully saturated rings. The van der Waals surface area contributed by atoms with Crippen LogP contribution in [0.3, 0.4) is 0 Å². The molecule has 1 aromatic carbocycles. The number of nitrogens with zero attached hydrogens (tertiary/aromatic N) is 1. The molecule has 0 aliphatic heterocycles. The standard InChI is InChI=1S/C18H28N2O/c1-13(14-7-8-14)20(11-12-21-2)17-10-9-15-5-3-4-6-16(15)18(17)19/h3-6,13-14,17-18H,7-12,19H2,1-2H3. The van der Waals surface area contributed by atoms with Crippen LogP contribution < -0.4 is 5.73 Å². The summed E-state index contributed by atoms with van der Waals surface area (Å²) in [7, 11) is 1.79. The minimum absolute atomic E-state index is 0.132. The normalized spacial score (nSPS) is 26.7. The summed E-state index contributed by atoms with van der Waals surface area (Å²) in [5, 5.41) is 0. The van der Waals surface area contributed by atoms with Gasteiger partial charge >= 0.3 is 0 Å². The Morgan fingerprint density at radius 3 is 2.76 bits per heavy atom. The smallest absolute Gasteiger partial charge is 0.0589 e. The van der Waals surface area contributed by atoms with E-state index in [4.69, 9.17) is 10.5 Å². The van der Waals surface area contributed by atoms with E-state index in [2.05, 4.69) is 36.1 Å². The van der Waals surface area contributed by atoms with Crippen molar-refractivity contribution in [1.29, 1.82) is 0 Å². The predicted octanol–water partition coefficient (Wildman–Crippen LogP) is 2.75. The Labute approximate surface area is 128 Å². The van der Waals surface area contributed by atoms with Crippen molar-refractivity contribution < 1.29 is 4.74 Å². The molecule has 0 amide bonds. The first-order chi connectivity index (χ1) is 10.2. The third-order valence-electron chi connectivity index (χ3n) is 5.35. The molecule has 2 N–H and O–H groups in total. The molecule has 0 bridgehead atoms. The van der Waals surface area contributed by atoms with Gasteiger partial charge in [0.2, 0.25) is 0 Å². The average molecular weight is 288 g/mol. The van der Waals surface area contributed by atoms with Gasteiger partial charge in [-0.2, -0.15) is 0 Å². The summed E-state index contributed by atoms with van der Waals surface area (Å²) in [5.74, 6) is 0.867. The van der Waals surface area contributed by atoms with Crippen LogP contribution in [0.1, 0.15) is 43.4 Å². The summed E-state index contributed by atoms with van der Waals surface area (Å²) in [6, 6.07) is 9.89. The second-order valence-corrected chi connectivity index (χ2v) is 6.64. The van der Waals surface area contributed by atoms with E-state index < -0.39 is 0 Å². The van der Waals surface area contributed by atoms with Gasteiger partial charge in [0, 0.05) is 31.8 Å². The van der Waals surface area contributed by atoms with Gasteiger partial charge in [0.05, 0.1) is 6.61 Å². The Morgan fingerprint density at radius 1 is 1.29 bits per heavy atom. The fraction of sp³-hybridized carbons (Fsp3) is 0.667. The molecule has 2 aliphatic carbocycles. The minimum atomic E-state index is 0.132. The van der Waals surface area contributed by atoms with Gasteiger partial charge in [0.1, 0.15) is 0 Å². The average Bonchev–Trinajstić information content (AvgIpc) is 3.34. The fourth-order valence-corrected chi connectivity index (χ4v) is 3.87. The molecule has 116 valence electrons. The zero-order chi connectivity index (χ0) is 14.8. The van der Waals surface area contributed by atoms with Gasteiger partial charge in [-0.25, -0.2) is 0 Å². The number of hydrogen-bond acceptors (Lipinski definition) is 3. The van der Waals surface area contributed by atoms with Gasteiger partial charge in [0.25, 0.3) is 0 Å². The molecule has 3 nitrogen and oxygen atoms in total. The number of ether oxygens (including phenoxy) is 1. The molecule has 0 saturated heterocycles. The number of hydrogen-bond donors (Lipinski definition) is 1. The van der Waals surface area contributed by atoms with Crippen molar-refractivity contribution in [2.75, 3.05) is 20.3 Å². The van der Waals surface area contributed by atoms with Crippen LogP contribution in [0, 0.1) is 5.92 Å². The van der Waals surface area contributed by atoms with Gasteiger partial charge in [-0.3, -0.25) is 4.90 Å². The summed E-state index contributed by atoms with van der Waals surface area (Å²) in [6.45, 7) is 4.16. The molecule has 3 heteroatoms. The number of benzene rings is 1. The third-order valence-corrected chi connectivity index (χ3v) is 5.35. The maximum absolute atomic E-state index is 6.64. The summed E-state index contributed by atoms with van der Waals surface area (Å²) >= 11 is 0. The lowest BCUT2D eigenvalue weighted by Gasteiger charge is -2.42. The summed E-state index contributed by atoms with van der Waals surface area (Å²) in [6.07, 6.45) is 5.07. The maximum Gasteiger partial charge on any atom is 0.0589 e. The summed E-state index contributed by atoms with van der Waals surface area (Å²) < 4.78 is 5.34. The van der Waals surface area contributed by atoms with Crippen LogP contribution in [-0.2, 0) is 11.2 Å². The van der Waals surface area contributed by atoms with Crippen molar-refractivity contribution in [2.45, 2.75) is 50.7 Å². The van der Waals surface area contributed by atoms with E-state index in [1.807, 2.05) is 0 Å². The molecule has 0 heterocycles. The Balaban J connectivity index is 1.79. The van der Waals surface area contributed by atoms with Crippen molar-refractivity contribution in [1.82, 2.24) is 4.90 Å². The molecule has 2 aliphatic rings. The number of methoxy groups -OCH3 is 1. The lowest BCUT2D eigenvalue weighted by molar-refractivity contribution is 0.0630. The summed E-state index contributed by atoms with van der Waals surface area (Å²) in [4.78, 5) is 2.63. The molecule has 21 heavy (non-hydrogen) atoms. The lowest BCUT2D eigenvalue weighted by atomic mass is 9.83. The van der Waals surface area contributed by atoms with Crippen LogP contribution in [0.15, 0.2) is 24.3 Å². The van der Waals surface area contributed by atoms with Crippen molar-refractivity contribution in [2.24, 2.45) is 11.7 Å². The lowest BCUT2D eigenvalue weighted by Crippen LogP contribution is -2.51. The van der Waals surface area contributed by atoms with Gasteiger partial charge in [-0.1, -0.05) is 24.3 Å². The second kappa shape index (κ2) is 6.47. The number of aryl methyl sites for hydroxylation is 1. The first-order valence-corrected chi connectivity index (χ1v) is 8.30. The SMILES string of the molecule is COCCN(C(C)C1CC1)C1CCc2ccccc2C1N. The maximum atomic E-state index is 6.64. The van der Waals surface area contributed by atoms with Crippen LogP contribution in [-0.4, -0.2) is 37.2 Å². The van der Waals surface area contributed by atoms with Gasteiger partial charge in [-0.05, 0) is 49.7 Å². The molecule has 3 atom stereocenters. The fourth-order valence-electron chi connectivity index (χ4n) is 3.87. The number of fused-ring (bicyclic) bond motifs is 1. The highest BCUT2D eigenvalue weighted by molar-refractivity contribution is 5.33. The highest BCUT2D eigenvalue weighted by Crippen LogP contribution is 2.39. The minimum Gasteiger partial charge on any atom is -0.383 e. The van der Waals surface area contributed by atoms with Crippen LogP contribution in [0.2, 0.25) is 0 Å². The van der Waals surface area contributed by atoms with E-state index in [0.717, 1.165) is 25.5 Å². The number of nitrogens with two attached hydrogens (primary N) is 1. The highest BCUT2D eigenvalue weighted by Gasteiger charge is 2.38. The van der Waals surface area contributed by atoms with Crippen LogP contribution >= 0.6 is 0 Å². The Kier molecular flexibility index (Phi) is 4.63. The predicted molar refractivity (Wildman–Crippen MR) is 86.2 cm³/mol. The molecule has 1 aromatic rings. The van der Waals surface area contributed by atoms with Crippen LogP contribution in [0.4, 0.5) is 0 Å². The quantitative estimate of drug-likeness (QED) is 0.875. The van der Waals surface area contributed by atoms with E-state index >= 15 is 0 Å². The van der Waals surface area contributed by atoms with E-state index in [0.29, 0.717) is 12.1 Å². The third kappa shape index (κ3) is 3.15. The molecule has 3 rings (SSSR count). The van der Waals surface area contributed by atoms with Crippen molar-refractivity contribution in [3.63, 3.8) is 0 Å². The van der Waals surface area contributed by atoms with Crippen LogP contribution in [0.25, 0.3) is 0 Å². The Hall–Kier alpha value is -0.900. The second-order valence-electron chi connectivity index (χ2n) is 6.64. The van der Waals surface area contributed by atoms with Crippen LogP contribution in [0.5, 0.6) is 0 Å². The molecular weight excluding hydrogens is 260 g/mol. The Morgan fingerprint density at radius 2 is 2.05 bits per heavy atom. The molecule has 3 unspecified atom stereocenters.